The fraction of sp³-hybridized carbons (Fsp3) is 0.310. The molecule has 1 N–H and O–H groups in total. The number of hydrogen-bond acceptors (Lipinski definition) is 4. The van der Waals surface area contributed by atoms with Crippen molar-refractivity contribution >= 4 is 16.9 Å². The molecule has 0 radical (unpaired) electrons. The average Bonchev–Trinajstić information content (AvgIpc) is 3.24. The number of para-hydroxylation sites is 2. The predicted molar refractivity (Wildman–Crippen MR) is 139 cm³/mol. The van der Waals surface area contributed by atoms with Crippen molar-refractivity contribution in [1.82, 2.24) is 14.9 Å². The molecule has 1 unspecified atom stereocenters. The first-order chi connectivity index (χ1) is 16.7. The Hall–Kier alpha value is -3.80. The molecule has 6 heteroatoms. The van der Waals surface area contributed by atoms with E-state index in [4.69, 9.17) is 14.5 Å². The summed E-state index contributed by atoms with van der Waals surface area (Å²) >= 11 is 0. The number of ether oxygens (including phenoxy) is 2. The molecule has 0 spiro atoms. The maximum absolute atomic E-state index is 14.3. The van der Waals surface area contributed by atoms with E-state index in [1.165, 1.54) is 0 Å². The van der Waals surface area contributed by atoms with E-state index in [1.54, 1.807) is 14.2 Å². The summed E-state index contributed by atoms with van der Waals surface area (Å²) in [5, 5.41) is 0. The number of imidazole rings is 1. The molecule has 0 aliphatic heterocycles. The second-order valence-corrected chi connectivity index (χ2v) is 9.23. The highest BCUT2D eigenvalue weighted by Gasteiger charge is 2.35. The minimum absolute atomic E-state index is 0.0432. The summed E-state index contributed by atoms with van der Waals surface area (Å²) in [6, 6.07) is 17.1. The van der Waals surface area contributed by atoms with Crippen LogP contribution in [0.3, 0.4) is 0 Å². The fourth-order valence-electron chi connectivity index (χ4n) is 4.87. The molecular formula is C29H33N3O3. The monoisotopic (exact) mass is 471 g/mol. The Kier molecular flexibility index (Phi) is 6.83. The van der Waals surface area contributed by atoms with E-state index in [9.17, 15) is 4.79 Å². The molecule has 0 aliphatic carbocycles. The standard InChI is InChI=1S/C29H33N3O3/c1-17(2)32(29(33)26-19(4)14-18(3)15-20(26)5)27(22-13-12-21(34-6)16-25(22)35-7)28-30-23-10-8-9-11-24(23)31-28/h8-17,27H,1-7H3,(H,30,31). The first kappa shape index (κ1) is 24.3. The largest absolute Gasteiger partial charge is 0.497 e. The van der Waals surface area contributed by atoms with Crippen LogP contribution in [0.25, 0.3) is 11.0 Å². The molecule has 35 heavy (non-hydrogen) atoms. The Labute approximate surface area is 206 Å². The first-order valence-corrected chi connectivity index (χ1v) is 11.8. The number of aromatic amines is 1. The molecule has 4 rings (SSSR count). The molecule has 0 saturated heterocycles. The minimum Gasteiger partial charge on any atom is -0.497 e. The lowest BCUT2D eigenvalue weighted by molar-refractivity contribution is 0.0633. The maximum atomic E-state index is 14.3. The highest BCUT2D eigenvalue weighted by molar-refractivity contribution is 5.98. The number of methoxy groups -OCH3 is 2. The lowest BCUT2D eigenvalue weighted by Crippen LogP contribution is -2.42. The van der Waals surface area contributed by atoms with Crippen molar-refractivity contribution < 1.29 is 14.3 Å². The number of carbonyl (C=O) groups excluding carboxylic acids is 1. The van der Waals surface area contributed by atoms with Gasteiger partial charge in [-0.2, -0.15) is 0 Å². The third-order valence-electron chi connectivity index (χ3n) is 6.36. The van der Waals surface area contributed by atoms with Crippen molar-refractivity contribution in [1.29, 1.82) is 0 Å². The van der Waals surface area contributed by atoms with Gasteiger partial charge in [0.25, 0.3) is 5.91 Å². The SMILES string of the molecule is COc1ccc(C(c2nc3ccccc3[nH]2)N(C(=O)c2c(C)cc(C)cc2C)C(C)C)c(OC)c1. The van der Waals surface area contributed by atoms with Gasteiger partial charge in [-0.3, -0.25) is 4.79 Å². The maximum Gasteiger partial charge on any atom is 0.255 e. The molecule has 4 aromatic rings. The van der Waals surface area contributed by atoms with Gasteiger partial charge >= 0.3 is 0 Å². The molecule has 0 bridgehead atoms. The van der Waals surface area contributed by atoms with Gasteiger partial charge in [0.2, 0.25) is 0 Å². The van der Waals surface area contributed by atoms with E-state index in [-0.39, 0.29) is 11.9 Å². The lowest BCUT2D eigenvalue weighted by atomic mass is 9.95. The molecule has 182 valence electrons. The number of aryl methyl sites for hydroxylation is 3. The van der Waals surface area contributed by atoms with Crippen LogP contribution in [-0.2, 0) is 0 Å². The summed E-state index contributed by atoms with van der Waals surface area (Å²) < 4.78 is 11.2. The van der Waals surface area contributed by atoms with Gasteiger partial charge in [-0.15, -0.1) is 0 Å². The van der Waals surface area contributed by atoms with E-state index in [0.29, 0.717) is 17.3 Å². The number of aromatic nitrogens is 2. The van der Waals surface area contributed by atoms with Crippen LogP contribution in [0.5, 0.6) is 11.5 Å². The minimum atomic E-state index is -0.504. The Balaban J connectivity index is 1.96. The summed E-state index contributed by atoms with van der Waals surface area (Å²) in [6.07, 6.45) is 0. The summed E-state index contributed by atoms with van der Waals surface area (Å²) in [5.41, 5.74) is 6.37. The van der Waals surface area contributed by atoms with Crippen LogP contribution in [0.2, 0.25) is 0 Å². The van der Waals surface area contributed by atoms with E-state index >= 15 is 0 Å². The number of hydrogen-bond donors (Lipinski definition) is 1. The molecule has 1 heterocycles. The van der Waals surface area contributed by atoms with Gasteiger partial charge in [0.1, 0.15) is 23.4 Å². The Morgan fingerprint density at radius 3 is 2.23 bits per heavy atom. The number of nitrogens with zero attached hydrogens (tertiary/aromatic N) is 2. The quantitative estimate of drug-likeness (QED) is 0.351. The molecule has 1 amide bonds. The van der Waals surface area contributed by atoms with E-state index in [2.05, 4.69) is 17.1 Å². The van der Waals surface area contributed by atoms with Crippen LogP contribution in [0.1, 0.15) is 58.3 Å². The van der Waals surface area contributed by atoms with Crippen LogP contribution < -0.4 is 9.47 Å². The molecule has 1 atom stereocenters. The van der Waals surface area contributed by atoms with Crippen LogP contribution in [0.4, 0.5) is 0 Å². The summed E-state index contributed by atoms with van der Waals surface area (Å²) in [4.78, 5) is 24.6. The van der Waals surface area contributed by atoms with Crippen molar-refractivity contribution in [2.75, 3.05) is 14.2 Å². The number of nitrogens with one attached hydrogen (secondary N) is 1. The second-order valence-electron chi connectivity index (χ2n) is 9.23. The van der Waals surface area contributed by atoms with Gasteiger partial charge in [-0.05, 0) is 70.0 Å². The van der Waals surface area contributed by atoms with E-state index < -0.39 is 6.04 Å². The zero-order chi connectivity index (χ0) is 25.3. The van der Waals surface area contributed by atoms with E-state index in [1.807, 2.05) is 82.0 Å². The molecule has 0 aliphatic rings. The number of amides is 1. The van der Waals surface area contributed by atoms with Gasteiger partial charge in [0.15, 0.2) is 0 Å². The Morgan fingerprint density at radius 2 is 1.63 bits per heavy atom. The van der Waals surface area contributed by atoms with Gasteiger partial charge in [0, 0.05) is 23.2 Å². The number of rotatable bonds is 7. The molecule has 0 fully saturated rings. The van der Waals surface area contributed by atoms with E-state index in [0.717, 1.165) is 38.9 Å². The van der Waals surface area contributed by atoms with Crippen molar-refractivity contribution in [2.24, 2.45) is 0 Å². The summed E-state index contributed by atoms with van der Waals surface area (Å²) in [7, 11) is 3.25. The highest BCUT2D eigenvalue weighted by atomic mass is 16.5. The number of H-pyrrole nitrogens is 1. The zero-order valence-corrected chi connectivity index (χ0v) is 21.5. The topological polar surface area (TPSA) is 67.5 Å². The molecule has 1 aromatic heterocycles. The summed E-state index contributed by atoms with van der Waals surface area (Å²) in [6.45, 7) is 10.1. The molecular weight excluding hydrogens is 438 g/mol. The van der Waals surface area contributed by atoms with Crippen molar-refractivity contribution in [3.8, 4) is 11.5 Å². The van der Waals surface area contributed by atoms with Crippen molar-refractivity contribution in [2.45, 2.75) is 46.7 Å². The average molecular weight is 472 g/mol. The lowest BCUT2D eigenvalue weighted by Gasteiger charge is -2.36. The normalized spacial score (nSPS) is 12.1. The highest BCUT2D eigenvalue weighted by Crippen LogP contribution is 2.39. The van der Waals surface area contributed by atoms with Gasteiger partial charge in [-0.25, -0.2) is 4.98 Å². The molecule has 6 nitrogen and oxygen atoms in total. The van der Waals surface area contributed by atoms with Crippen LogP contribution in [0, 0.1) is 20.8 Å². The number of carbonyl (C=O) groups is 1. The van der Waals surface area contributed by atoms with Crippen molar-refractivity contribution in [3.05, 3.63) is 88.2 Å². The molecule has 0 saturated carbocycles. The van der Waals surface area contributed by atoms with Gasteiger partial charge < -0.3 is 19.4 Å². The zero-order valence-electron chi connectivity index (χ0n) is 21.5. The van der Waals surface area contributed by atoms with Crippen LogP contribution in [0.15, 0.2) is 54.6 Å². The van der Waals surface area contributed by atoms with Gasteiger partial charge in [-0.1, -0.05) is 29.8 Å². The number of fused-ring (bicyclic) bond motifs is 1. The summed E-state index contributed by atoms with van der Waals surface area (Å²) in [5.74, 6) is 1.95. The third-order valence-corrected chi connectivity index (χ3v) is 6.36. The predicted octanol–water partition coefficient (Wildman–Crippen LogP) is 6.15. The van der Waals surface area contributed by atoms with Crippen LogP contribution >= 0.6 is 0 Å². The van der Waals surface area contributed by atoms with Crippen LogP contribution in [-0.4, -0.2) is 41.0 Å². The third kappa shape index (κ3) is 4.61. The van der Waals surface area contributed by atoms with Crippen molar-refractivity contribution in [3.63, 3.8) is 0 Å². The Morgan fingerprint density at radius 1 is 0.943 bits per heavy atom. The smallest absolute Gasteiger partial charge is 0.255 e. The van der Waals surface area contributed by atoms with Gasteiger partial charge in [0.05, 0.1) is 25.3 Å². The number of benzene rings is 3. The first-order valence-electron chi connectivity index (χ1n) is 11.8. The Bertz CT molecular complexity index is 1320. The fourth-order valence-corrected chi connectivity index (χ4v) is 4.87. The second kappa shape index (κ2) is 9.82. The molecule has 3 aromatic carbocycles.